The molecule has 1 amide bonds. The highest BCUT2D eigenvalue weighted by Crippen LogP contribution is 2.43. The normalized spacial score (nSPS) is 19.1. The molecule has 1 saturated heterocycles. The first-order chi connectivity index (χ1) is 16.4. The number of Topliss-reactive ketones (excluding diaryl/α,β-unsaturated/α-hetero) is 1. The first kappa shape index (κ1) is 23.6. The van der Waals surface area contributed by atoms with Crippen LogP contribution in [-0.2, 0) is 14.3 Å². The summed E-state index contributed by atoms with van der Waals surface area (Å²) in [5.41, 5.74) is 1.99. The Morgan fingerprint density at radius 3 is 2.50 bits per heavy atom. The van der Waals surface area contributed by atoms with Crippen molar-refractivity contribution in [1.29, 1.82) is 0 Å². The highest BCUT2D eigenvalue weighted by molar-refractivity contribution is 6.46. The average molecular weight is 468 g/mol. The van der Waals surface area contributed by atoms with E-state index in [1.54, 1.807) is 43.5 Å². The lowest BCUT2D eigenvalue weighted by Gasteiger charge is -2.26. The Bertz CT molecular complexity index is 1140. The topological polar surface area (TPSA) is 94.5 Å². The molecule has 2 aliphatic rings. The molecule has 2 aromatic carbocycles. The molecule has 0 aromatic heterocycles. The van der Waals surface area contributed by atoms with E-state index in [1.165, 1.54) is 12.0 Å². The Balaban J connectivity index is 1.86. The summed E-state index contributed by atoms with van der Waals surface area (Å²) in [6.45, 7) is 5.32. The number of aliphatic hydroxyl groups excluding tert-OH is 1. The van der Waals surface area contributed by atoms with Gasteiger partial charge in [-0.2, -0.15) is 0 Å². The molecule has 1 atom stereocenters. The van der Waals surface area contributed by atoms with E-state index >= 15 is 0 Å². The van der Waals surface area contributed by atoms with Gasteiger partial charge in [0, 0.05) is 19.2 Å². The third kappa shape index (κ3) is 4.21. The van der Waals surface area contributed by atoms with Gasteiger partial charge >= 0.3 is 0 Å². The minimum absolute atomic E-state index is 0.0256. The third-order valence-corrected chi connectivity index (χ3v) is 6.08. The van der Waals surface area contributed by atoms with Crippen molar-refractivity contribution in [1.82, 2.24) is 4.90 Å². The monoisotopic (exact) mass is 467 g/mol. The lowest BCUT2D eigenvalue weighted by atomic mass is 9.93. The van der Waals surface area contributed by atoms with Crippen molar-refractivity contribution in [3.05, 3.63) is 58.7 Å². The maximum Gasteiger partial charge on any atom is 0.295 e. The predicted octanol–water partition coefficient (Wildman–Crippen LogP) is 3.66. The fraction of sp³-hybridized carbons (Fsp3) is 0.385. The fourth-order valence-corrected chi connectivity index (χ4v) is 4.37. The Kier molecular flexibility index (Phi) is 6.79. The molecule has 34 heavy (non-hydrogen) atoms. The van der Waals surface area contributed by atoms with Crippen molar-refractivity contribution in [3.8, 4) is 17.2 Å². The quantitative estimate of drug-likeness (QED) is 0.377. The summed E-state index contributed by atoms with van der Waals surface area (Å²) in [5.74, 6) is 0.290. The maximum atomic E-state index is 13.2. The van der Waals surface area contributed by atoms with E-state index in [0.29, 0.717) is 41.6 Å². The largest absolute Gasteiger partial charge is 0.507 e. The molecule has 2 aromatic rings. The zero-order valence-corrected chi connectivity index (χ0v) is 19.8. The number of methoxy groups -OCH3 is 2. The van der Waals surface area contributed by atoms with E-state index in [1.807, 2.05) is 13.8 Å². The zero-order valence-electron chi connectivity index (χ0n) is 19.8. The lowest BCUT2D eigenvalue weighted by molar-refractivity contribution is -0.140. The van der Waals surface area contributed by atoms with Crippen molar-refractivity contribution in [2.75, 3.05) is 40.6 Å². The number of hydrogen-bond acceptors (Lipinski definition) is 7. The zero-order chi connectivity index (χ0) is 24.4. The molecule has 1 unspecified atom stereocenters. The molecule has 2 heterocycles. The van der Waals surface area contributed by atoms with Gasteiger partial charge in [0.25, 0.3) is 11.7 Å². The SMILES string of the molecule is COCCN1C(=O)C(=O)/C(=C(/O)c2ccc(OC)c(C(C)C)c2)C1c1ccc2c(c1)OCCO2. The van der Waals surface area contributed by atoms with Crippen LogP contribution < -0.4 is 14.2 Å². The summed E-state index contributed by atoms with van der Waals surface area (Å²) in [4.78, 5) is 27.6. The standard InChI is InChI=1S/C26H29NO7/c1-15(2)18-13-17(6-7-19(18)32-4)24(28)22-23(27(9-10-31-3)26(30)25(22)29)16-5-8-20-21(14-16)34-12-11-33-20/h5-8,13-15,23,28H,9-12H2,1-4H3/b24-22+. The van der Waals surface area contributed by atoms with Crippen LogP contribution in [0.1, 0.15) is 42.5 Å². The number of fused-ring (bicyclic) bond motifs is 1. The van der Waals surface area contributed by atoms with Crippen LogP contribution in [0.15, 0.2) is 42.0 Å². The molecule has 0 saturated carbocycles. The minimum atomic E-state index is -0.796. The lowest BCUT2D eigenvalue weighted by Crippen LogP contribution is -2.32. The summed E-state index contributed by atoms with van der Waals surface area (Å²) in [6, 6.07) is 9.73. The molecule has 1 N–H and O–H groups in total. The van der Waals surface area contributed by atoms with Crippen LogP contribution in [0, 0.1) is 0 Å². The molecule has 0 spiro atoms. The molecular weight excluding hydrogens is 438 g/mol. The van der Waals surface area contributed by atoms with Crippen LogP contribution in [0.25, 0.3) is 5.76 Å². The van der Waals surface area contributed by atoms with E-state index in [4.69, 9.17) is 18.9 Å². The molecule has 0 bridgehead atoms. The molecule has 8 nitrogen and oxygen atoms in total. The van der Waals surface area contributed by atoms with E-state index in [0.717, 1.165) is 5.56 Å². The number of nitrogens with zero attached hydrogens (tertiary/aromatic N) is 1. The van der Waals surface area contributed by atoms with Crippen molar-refractivity contribution in [3.63, 3.8) is 0 Å². The second-order valence-electron chi connectivity index (χ2n) is 8.50. The third-order valence-electron chi connectivity index (χ3n) is 6.08. The minimum Gasteiger partial charge on any atom is -0.507 e. The number of carbonyl (C=O) groups is 2. The van der Waals surface area contributed by atoms with Crippen molar-refractivity contribution in [2.24, 2.45) is 0 Å². The van der Waals surface area contributed by atoms with Crippen LogP contribution in [0.2, 0.25) is 0 Å². The Labute approximate surface area is 198 Å². The van der Waals surface area contributed by atoms with Crippen molar-refractivity contribution < 1.29 is 33.6 Å². The predicted molar refractivity (Wildman–Crippen MR) is 125 cm³/mol. The highest BCUT2D eigenvalue weighted by Gasteiger charge is 2.46. The second kappa shape index (κ2) is 9.77. The van der Waals surface area contributed by atoms with Crippen LogP contribution in [0.3, 0.4) is 0 Å². The van der Waals surface area contributed by atoms with E-state index < -0.39 is 17.7 Å². The Morgan fingerprint density at radius 2 is 1.82 bits per heavy atom. The Hall–Kier alpha value is -3.52. The van der Waals surface area contributed by atoms with Gasteiger partial charge in [-0.05, 0) is 47.4 Å². The molecular formula is C26H29NO7. The van der Waals surface area contributed by atoms with E-state index in [-0.39, 0.29) is 30.4 Å². The van der Waals surface area contributed by atoms with Crippen molar-refractivity contribution >= 4 is 17.4 Å². The average Bonchev–Trinajstić information content (AvgIpc) is 3.11. The first-order valence-corrected chi connectivity index (χ1v) is 11.2. The van der Waals surface area contributed by atoms with Gasteiger partial charge < -0.3 is 29.0 Å². The smallest absolute Gasteiger partial charge is 0.295 e. The molecule has 0 radical (unpaired) electrons. The number of benzene rings is 2. The van der Waals surface area contributed by atoms with Gasteiger partial charge in [-0.15, -0.1) is 0 Å². The van der Waals surface area contributed by atoms with Crippen LogP contribution in [-0.4, -0.2) is 62.3 Å². The van der Waals surface area contributed by atoms with E-state index in [9.17, 15) is 14.7 Å². The number of ketones is 1. The summed E-state index contributed by atoms with van der Waals surface area (Å²) in [5, 5.41) is 11.3. The molecule has 8 heteroatoms. The number of rotatable bonds is 7. The van der Waals surface area contributed by atoms with Gasteiger partial charge in [0.05, 0.1) is 25.3 Å². The number of hydrogen-bond donors (Lipinski definition) is 1. The van der Waals surface area contributed by atoms with E-state index in [2.05, 4.69) is 0 Å². The highest BCUT2D eigenvalue weighted by atomic mass is 16.6. The van der Waals surface area contributed by atoms with Crippen LogP contribution >= 0.6 is 0 Å². The van der Waals surface area contributed by atoms with Gasteiger partial charge in [-0.1, -0.05) is 19.9 Å². The van der Waals surface area contributed by atoms with Gasteiger partial charge in [-0.25, -0.2) is 0 Å². The number of ether oxygens (including phenoxy) is 4. The Morgan fingerprint density at radius 1 is 1.09 bits per heavy atom. The molecule has 0 aliphatic carbocycles. The number of amides is 1. The number of likely N-dealkylation sites (tertiary alicyclic amines) is 1. The maximum absolute atomic E-state index is 13.2. The summed E-state index contributed by atoms with van der Waals surface area (Å²) >= 11 is 0. The fourth-order valence-electron chi connectivity index (χ4n) is 4.37. The van der Waals surface area contributed by atoms with Gasteiger partial charge in [-0.3, -0.25) is 9.59 Å². The second-order valence-corrected chi connectivity index (χ2v) is 8.50. The molecule has 4 rings (SSSR count). The molecule has 1 fully saturated rings. The molecule has 2 aliphatic heterocycles. The number of aliphatic hydroxyl groups is 1. The van der Waals surface area contributed by atoms with Crippen LogP contribution in [0.5, 0.6) is 17.2 Å². The summed E-state index contributed by atoms with van der Waals surface area (Å²) in [7, 11) is 3.12. The van der Waals surface area contributed by atoms with Gasteiger partial charge in [0.15, 0.2) is 11.5 Å². The van der Waals surface area contributed by atoms with Crippen LogP contribution in [0.4, 0.5) is 0 Å². The summed E-state index contributed by atoms with van der Waals surface area (Å²) < 4.78 is 21.9. The first-order valence-electron chi connectivity index (χ1n) is 11.2. The summed E-state index contributed by atoms with van der Waals surface area (Å²) in [6.07, 6.45) is 0. The van der Waals surface area contributed by atoms with Gasteiger partial charge in [0.1, 0.15) is 24.7 Å². The van der Waals surface area contributed by atoms with Gasteiger partial charge in [0.2, 0.25) is 0 Å². The molecule has 180 valence electrons. The number of carbonyl (C=O) groups excluding carboxylic acids is 2. The van der Waals surface area contributed by atoms with Crippen molar-refractivity contribution in [2.45, 2.75) is 25.8 Å².